The fourth-order valence-corrected chi connectivity index (χ4v) is 4.70. The summed E-state index contributed by atoms with van der Waals surface area (Å²) in [7, 11) is 4.88. The lowest BCUT2D eigenvalue weighted by Gasteiger charge is -2.25. The predicted octanol–water partition coefficient (Wildman–Crippen LogP) is 3.89. The highest BCUT2D eigenvalue weighted by Gasteiger charge is 2.30. The number of hydrogen-bond acceptors (Lipinski definition) is 6. The minimum absolute atomic E-state index is 0.0435. The van der Waals surface area contributed by atoms with Crippen molar-refractivity contribution in [2.75, 3.05) is 40.9 Å². The van der Waals surface area contributed by atoms with Crippen molar-refractivity contribution in [3.8, 4) is 11.5 Å². The summed E-state index contributed by atoms with van der Waals surface area (Å²) >= 11 is 6.53. The molecule has 2 aromatic carbocycles. The van der Waals surface area contributed by atoms with E-state index in [0.29, 0.717) is 11.6 Å². The number of nitrogens with zero attached hydrogens (tertiary/aromatic N) is 2. The summed E-state index contributed by atoms with van der Waals surface area (Å²) in [4.78, 5) is 28.0. The Morgan fingerprint density at radius 2 is 2.00 bits per heavy atom. The van der Waals surface area contributed by atoms with Gasteiger partial charge in [-0.05, 0) is 49.2 Å². The quantitative estimate of drug-likeness (QED) is 0.629. The van der Waals surface area contributed by atoms with Crippen LogP contribution < -0.4 is 9.47 Å². The fraction of sp³-hybridized carbons (Fsp3) is 0.440. The summed E-state index contributed by atoms with van der Waals surface area (Å²) < 4.78 is 16.4. The number of benzene rings is 2. The molecule has 0 aromatic heterocycles. The van der Waals surface area contributed by atoms with Crippen LogP contribution in [0.3, 0.4) is 0 Å². The third-order valence-electron chi connectivity index (χ3n) is 6.55. The molecule has 8 heteroatoms. The van der Waals surface area contributed by atoms with Crippen LogP contribution in [0.5, 0.6) is 11.5 Å². The summed E-state index contributed by atoms with van der Waals surface area (Å²) in [6.45, 7) is 3.97. The molecule has 0 bridgehead atoms. The molecule has 2 aliphatic heterocycles. The number of carbonyl (C=O) groups is 2. The predicted molar refractivity (Wildman–Crippen MR) is 125 cm³/mol. The van der Waals surface area contributed by atoms with Gasteiger partial charge in [0.2, 0.25) is 0 Å². The first-order chi connectivity index (χ1) is 15.8. The smallest absolute Gasteiger partial charge is 0.415 e. The molecule has 7 nitrogen and oxygen atoms in total. The van der Waals surface area contributed by atoms with E-state index in [0.717, 1.165) is 48.4 Å². The Bertz CT molecular complexity index is 1070. The number of rotatable bonds is 4. The Labute approximate surface area is 199 Å². The van der Waals surface area contributed by atoms with Crippen LogP contribution in [0, 0.1) is 0 Å². The molecule has 0 aliphatic carbocycles. The number of likely N-dealkylation sites (N-methyl/N-ethyl adjacent to an activating group) is 2. The molecule has 2 aromatic rings. The van der Waals surface area contributed by atoms with Crippen molar-refractivity contribution in [3.05, 3.63) is 57.6 Å². The topological polar surface area (TPSA) is 68.3 Å². The number of para-hydroxylation sites is 1. The van der Waals surface area contributed by atoms with Gasteiger partial charge in [-0.15, -0.1) is 0 Å². The zero-order chi connectivity index (χ0) is 23.7. The molecule has 0 saturated carbocycles. The van der Waals surface area contributed by atoms with Crippen LogP contribution >= 0.6 is 11.6 Å². The summed E-state index contributed by atoms with van der Waals surface area (Å²) in [6.07, 6.45) is 1.07. The molecule has 176 valence electrons. The molecule has 2 atom stereocenters. The molecule has 1 amide bonds. The normalized spacial score (nSPS) is 18.4. The molecule has 2 aliphatic rings. The van der Waals surface area contributed by atoms with E-state index in [1.54, 1.807) is 6.92 Å². The lowest BCUT2D eigenvalue weighted by molar-refractivity contribution is -0.145. The van der Waals surface area contributed by atoms with Crippen LogP contribution in [-0.4, -0.2) is 68.8 Å². The van der Waals surface area contributed by atoms with Gasteiger partial charge in [0.1, 0.15) is 11.8 Å². The van der Waals surface area contributed by atoms with Crippen LogP contribution in [-0.2, 0) is 22.4 Å². The maximum atomic E-state index is 12.7. The van der Waals surface area contributed by atoms with Crippen LogP contribution in [0.1, 0.15) is 35.1 Å². The van der Waals surface area contributed by atoms with E-state index in [-0.39, 0.29) is 11.7 Å². The third-order valence-corrected chi connectivity index (χ3v) is 6.85. The van der Waals surface area contributed by atoms with E-state index >= 15 is 0 Å². The number of amides is 1. The number of carbonyl (C=O) groups excluding carboxylic acids is 2. The second-order valence-corrected chi connectivity index (χ2v) is 9.07. The van der Waals surface area contributed by atoms with Gasteiger partial charge < -0.3 is 19.1 Å². The van der Waals surface area contributed by atoms with Crippen LogP contribution in [0.25, 0.3) is 0 Å². The van der Waals surface area contributed by atoms with Gasteiger partial charge in [0, 0.05) is 38.0 Å². The molecule has 0 spiro atoms. The highest BCUT2D eigenvalue weighted by molar-refractivity contribution is 6.32. The first-order valence-corrected chi connectivity index (χ1v) is 11.5. The van der Waals surface area contributed by atoms with Crippen LogP contribution in [0.15, 0.2) is 30.3 Å². The van der Waals surface area contributed by atoms with Gasteiger partial charge in [0.25, 0.3) is 0 Å². The van der Waals surface area contributed by atoms with E-state index in [4.69, 9.17) is 25.8 Å². The second-order valence-electron chi connectivity index (χ2n) is 8.66. The van der Waals surface area contributed by atoms with Crippen LogP contribution in [0.2, 0.25) is 5.02 Å². The molecule has 4 rings (SSSR count). The number of methoxy groups -OCH3 is 1. The van der Waals surface area contributed by atoms with Crippen LogP contribution in [0.4, 0.5) is 4.79 Å². The molecule has 2 heterocycles. The van der Waals surface area contributed by atoms with Crippen molar-refractivity contribution in [1.29, 1.82) is 0 Å². The summed E-state index contributed by atoms with van der Waals surface area (Å²) in [5.74, 6) is 0.752. The lowest BCUT2D eigenvalue weighted by Crippen LogP contribution is -2.42. The molecule has 0 fully saturated rings. The SMILES string of the molecule is COC(=O)C(C)N(C)C(=O)Oc1cc2c(cc1Cl)CCN(C)CC2c1cccc2c1OCC2. The Hall–Kier alpha value is -2.77. The first-order valence-electron chi connectivity index (χ1n) is 11.1. The molecule has 2 unspecified atom stereocenters. The van der Waals surface area contributed by atoms with Gasteiger partial charge in [-0.3, -0.25) is 4.90 Å². The average molecular weight is 473 g/mol. The van der Waals surface area contributed by atoms with Crippen molar-refractivity contribution in [3.63, 3.8) is 0 Å². The van der Waals surface area contributed by atoms with Gasteiger partial charge in [-0.1, -0.05) is 29.8 Å². The highest BCUT2D eigenvalue weighted by Crippen LogP contribution is 2.42. The minimum atomic E-state index is -0.785. The van der Waals surface area contributed by atoms with E-state index < -0.39 is 18.1 Å². The molecule has 0 N–H and O–H groups in total. The third kappa shape index (κ3) is 4.66. The van der Waals surface area contributed by atoms with E-state index in [2.05, 4.69) is 30.1 Å². The average Bonchev–Trinajstić information content (AvgIpc) is 3.24. The Kier molecular flexibility index (Phi) is 6.81. The van der Waals surface area contributed by atoms with Crippen molar-refractivity contribution < 1.29 is 23.8 Å². The Balaban J connectivity index is 1.70. The largest absolute Gasteiger partial charge is 0.493 e. The summed E-state index contributed by atoms with van der Waals surface area (Å²) in [5.41, 5.74) is 4.55. The highest BCUT2D eigenvalue weighted by atomic mass is 35.5. The van der Waals surface area contributed by atoms with Crippen molar-refractivity contribution in [2.24, 2.45) is 0 Å². The maximum Gasteiger partial charge on any atom is 0.415 e. The van der Waals surface area contributed by atoms with E-state index in [1.165, 1.54) is 24.6 Å². The van der Waals surface area contributed by atoms with E-state index in [1.807, 2.05) is 12.1 Å². The summed E-state index contributed by atoms with van der Waals surface area (Å²) in [6, 6.07) is 9.27. The van der Waals surface area contributed by atoms with Crippen molar-refractivity contribution in [2.45, 2.75) is 31.7 Å². The van der Waals surface area contributed by atoms with Gasteiger partial charge in [0.05, 0.1) is 18.7 Å². The molecule has 33 heavy (non-hydrogen) atoms. The molecular formula is C25H29ClN2O5. The Morgan fingerprint density at radius 1 is 1.21 bits per heavy atom. The van der Waals surface area contributed by atoms with Crippen molar-refractivity contribution >= 4 is 23.7 Å². The Morgan fingerprint density at radius 3 is 2.76 bits per heavy atom. The van der Waals surface area contributed by atoms with Gasteiger partial charge >= 0.3 is 12.1 Å². The minimum Gasteiger partial charge on any atom is -0.493 e. The lowest BCUT2D eigenvalue weighted by atomic mass is 9.86. The van der Waals surface area contributed by atoms with Gasteiger partial charge in [-0.25, -0.2) is 9.59 Å². The number of esters is 1. The van der Waals surface area contributed by atoms with Gasteiger partial charge in [0.15, 0.2) is 5.75 Å². The zero-order valence-electron chi connectivity index (χ0n) is 19.4. The monoisotopic (exact) mass is 472 g/mol. The maximum absolute atomic E-state index is 12.7. The zero-order valence-corrected chi connectivity index (χ0v) is 20.1. The standard InChI is InChI=1S/C25H29ClN2O5/c1-15(24(29)31-4)28(3)25(30)33-22-13-19-17(12-21(22)26)8-10-27(2)14-20(19)18-7-5-6-16-9-11-32-23(16)18/h5-7,12-13,15,20H,8-11,14H2,1-4H3. The number of halogens is 1. The number of hydrogen-bond donors (Lipinski definition) is 0. The first kappa shape index (κ1) is 23.4. The second kappa shape index (κ2) is 9.61. The van der Waals surface area contributed by atoms with Crippen molar-refractivity contribution in [1.82, 2.24) is 9.80 Å². The number of fused-ring (bicyclic) bond motifs is 2. The molecule has 0 radical (unpaired) electrons. The van der Waals surface area contributed by atoms with Gasteiger partial charge in [-0.2, -0.15) is 0 Å². The molecule has 0 saturated heterocycles. The summed E-state index contributed by atoms with van der Waals surface area (Å²) in [5, 5.41) is 0.360. The fourth-order valence-electron chi connectivity index (χ4n) is 4.48. The number of ether oxygens (including phenoxy) is 3. The molecular weight excluding hydrogens is 444 g/mol. The van der Waals surface area contributed by atoms with E-state index in [9.17, 15) is 9.59 Å².